The van der Waals surface area contributed by atoms with Crippen LogP contribution in [0.5, 0.6) is 0 Å². The van der Waals surface area contributed by atoms with Crippen LogP contribution in [-0.4, -0.2) is 0 Å². The fraction of sp³-hybridized carbons (Fsp3) is 0.375. The standard InChI is InChI=1S/C16H22/c1-6-7-15-11-16(9-8-13(15)4)14(5)10-12(2)3/h6-9,11,14H,2,10H2,1,3-5H3/b7-6-. The van der Waals surface area contributed by atoms with Gasteiger partial charge in [-0.2, -0.15) is 0 Å². The maximum atomic E-state index is 3.98. The highest BCUT2D eigenvalue weighted by Gasteiger charge is 2.06. The van der Waals surface area contributed by atoms with Crippen LogP contribution in [0.1, 0.15) is 49.8 Å². The molecule has 0 bridgehead atoms. The van der Waals surface area contributed by atoms with E-state index in [0.717, 1.165) is 6.42 Å². The first-order valence-corrected chi connectivity index (χ1v) is 5.92. The molecule has 1 unspecified atom stereocenters. The van der Waals surface area contributed by atoms with Crippen molar-refractivity contribution in [3.8, 4) is 0 Å². The Labute approximate surface area is 99.7 Å². The quantitative estimate of drug-likeness (QED) is 0.612. The van der Waals surface area contributed by atoms with E-state index in [-0.39, 0.29) is 0 Å². The second kappa shape index (κ2) is 5.69. The highest BCUT2D eigenvalue weighted by atomic mass is 14.1. The molecule has 0 spiro atoms. The minimum absolute atomic E-state index is 0.558. The molecule has 0 aliphatic rings. The van der Waals surface area contributed by atoms with Crippen molar-refractivity contribution in [2.24, 2.45) is 0 Å². The van der Waals surface area contributed by atoms with E-state index in [1.165, 1.54) is 22.3 Å². The second-order valence-electron chi connectivity index (χ2n) is 4.68. The molecule has 0 radical (unpaired) electrons. The number of benzene rings is 1. The maximum absolute atomic E-state index is 3.98. The molecule has 1 rings (SSSR count). The van der Waals surface area contributed by atoms with E-state index in [9.17, 15) is 0 Å². The Morgan fingerprint density at radius 2 is 2.12 bits per heavy atom. The Balaban J connectivity index is 2.97. The lowest BCUT2D eigenvalue weighted by Crippen LogP contribution is -1.95. The van der Waals surface area contributed by atoms with Gasteiger partial charge in [0.15, 0.2) is 0 Å². The summed E-state index contributed by atoms with van der Waals surface area (Å²) >= 11 is 0. The molecule has 0 N–H and O–H groups in total. The summed E-state index contributed by atoms with van der Waals surface area (Å²) in [5, 5.41) is 0. The Hall–Kier alpha value is -1.30. The molecule has 0 aliphatic carbocycles. The molecular formula is C16H22. The van der Waals surface area contributed by atoms with Crippen LogP contribution in [0.4, 0.5) is 0 Å². The van der Waals surface area contributed by atoms with E-state index in [2.05, 4.69) is 64.6 Å². The SMILES string of the molecule is C=C(C)CC(C)c1ccc(C)c(/C=C\C)c1. The minimum Gasteiger partial charge on any atom is -0.100 e. The van der Waals surface area contributed by atoms with Crippen molar-refractivity contribution in [1.29, 1.82) is 0 Å². The van der Waals surface area contributed by atoms with Gasteiger partial charge < -0.3 is 0 Å². The molecule has 0 aromatic heterocycles. The Bertz CT molecular complexity index is 396. The van der Waals surface area contributed by atoms with Crippen molar-refractivity contribution in [1.82, 2.24) is 0 Å². The molecule has 0 saturated carbocycles. The summed E-state index contributed by atoms with van der Waals surface area (Å²) < 4.78 is 0. The first-order chi connectivity index (χ1) is 7.54. The van der Waals surface area contributed by atoms with Crippen LogP contribution in [0.25, 0.3) is 6.08 Å². The number of hydrogen-bond donors (Lipinski definition) is 0. The first-order valence-electron chi connectivity index (χ1n) is 5.92. The van der Waals surface area contributed by atoms with Gasteiger partial charge in [0.1, 0.15) is 0 Å². The van der Waals surface area contributed by atoms with Gasteiger partial charge in [-0.3, -0.25) is 0 Å². The summed E-state index contributed by atoms with van der Waals surface area (Å²) in [7, 11) is 0. The van der Waals surface area contributed by atoms with Gasteiger partial charge in [0.2, 0.25) is 0 Å². The normalized spacial score (nSPS) is 13.0. The number of aryl methyl sites for hydroxylation is 1. The van der Waals surface area contributed by atoms with Crippen molar-refractivity contribution < 1.29 is 0 Å². The van der Waals surface area contributed by atoms with Crippen molar-refractivity contribution in [3.05, 3.63) is 53.1 Å². The summed E-state index contributed by atoms with van der Waals surface area (Å²) in [5.74, 6) is 0.558. The molecule has 86 valence electrons. The molecule has 1 aromatic carbocycles. The Morgan fingerprint density at radius 1 is 1.44 bits per heavy atom. The molecule has 0 fully saturated rings. The summed E-state index contributed by atoms with van der Waals surface area (Å²) in [6.07, 6.45) is 5.33. The van der Waals surface area contributed by atoms with Gasteiger partial charge in [0, 0.05) is 0 Å². The maximum Gasteiger partial charge on any atom is -0.0153 e. The molecule has 16 heavy (non-hydrogen) atoms. The fourth-order valence-corrected chi connectivity index (χ4v) is 1.97. The van der Waals surface area contributed by atoms with Gasteiger partial charge in [-0.25, -0.2) is 0 Å². The van der Waals surface area contributed by atoms with E-state index >= 15 is 0 Å². The third kappa shape index (κ3) is 3.37. The van der Waals surface area contributed by atoms with E-state index in [4.69, 9.17) is 0 Å². The van der Waals surface area contributed by atoms with Crippen LogP contribution in [0.15, 0.2) is 36.4 Å². The largest absolute Gasteiger partial charge is 0.100 e. The number of rotatable bonds is 4. The molecule has 0 nitrogen and oxygen atoms in total. The molecule has 0 heteroatoms. The van der Waals surface area contributed by atoms with Gasteiger partial charge in [-0.15, -0.1) is 6.58 Å². The van der Waals surface area contributed by atoms with Crippen molar-refractivity contribution in [2.75, 3.05) is 0 Å². The zero-order valence-corrected chi connectivity index (χ0v) is 10.9. The molecule has 0 heterocycles. The second-order valence-corrected chi connectivity index (χ2v) is 4.68. The lowest BCUT2D eigenvalue weighted by molar-refractivity contribution is 0.753. The van der Waals surface area contributed by atoms with Gasteiger partial charge >= 0.3 is 0 Å². The van der Waals surface area contributed by atoms with Gasteiger partial charge in [0.05, 0.1) is 0 Å². The van der Waals surface area contributed by atoms with E-state index in [1.54, 1.807) is 0 Å². The van der Waals surface area contributed by atoms with Crippen molar-refractivity contribution >= 4 is 6.08 Å². The van der Waals surface area contributed by atoms with Gasteiger partial charge in [-0.1, -0.05) is 42.8 Å². The topological polar surface area (TPSA) is 0 Å². The van der Waals surface area contributed by atoms with Crippen molar-refractivity contribution in [2.45, 2.75) is 40.0 Å². The fourth-order valence-electron chi connectivity index (χ4n) is 1.97. The summed E-state index contributed by atoms with van der Waals surface area (Å²) in [5.41, 5.74) is 5.32. The Morgan fingerprint density at radius 3 is 2.69 bits per heavy atom. The highest BCUT2D eigenvalue weighted by molar-refractivity contribution is 5.54. The van der Waals surface area contributed by atoms with Crippen LogP contribution in [-0.2, 0) is 0 Å². The number of allylic oxidation sites excluding steroid dienone is 2. The van der Waals surface area contributed by atoms with Crippen LogP contribution >= 0.6 is 0 Å². The first kappa shape index (κ1) is 12.8. The predicted octanol–water partition coefficient (Wildman–Crippen LogP) is 5.10. The zero-order chi connectivity index (χ0) is 12.1. The predicted molar refractivity (Wildman–Crippen MR) is 73.7 cm³/mol. The van der Waals surface area contributed by atoms with Gasteiger partial charge in [0.25, 0.3) is 0 Å². The van der Waals surface area contributed by atoms with Crippen LogP contribution in [0.2, 0.25) is 0 Å². The van der Waals surface area contributed by atoms with E-state index in [1.807, 2.05) is 0 Å². The Kier molecular flexibility index (Phi) is 4.54. The van der Waals surface area contributed by atoms with Gasteiger partial charge in [-0.05, 0) is 49.8 Å². The van der Waals surface area contributed by atoms with Crippen LogP contribution in [0.3, 0.4) is 0 Å². The average molecular weight is 214 g/mol. The highest BCUT2D eigenvalue weighted by Crippen LogP contribution is 2.24. The summed E-state index contributed by atoms with van der Waals surface area (Å²) in [6.45, 7) is 12.6. The van der Waals surface area contributed by atoms with Crippen molar-refractivity contribution in [3.63, 3.8) is 0 Å². The third-order valence-corrected chi connectivity index (χ3v) is 2.87. The van der Waals surface area contributed by atoms with Crippen LogP contribution in [0, 0.1) is 6.92 Å². The minimum atomic E-state index is 0.558. The molecule has 1 aromatic rings. The molecule has 0 aliphatic heterocycles. The third-order valence-electron chi connectivity index (χ3n) is 2.87. The summed E-state index contributed by atoms with van der Waals surface area (Å²) in [6, 6.07) is 6.73. The average Bonchev–Trinajstić information content (AvgIpc) is 2.20. The lowest BCUT2D eigenvalue weighted by Gasteiger charge is -2.13. The molecule has 1 atom stereocenters. The van der Waals surface area contributed by atoms with Crippen LogP contribution < -0.4 is 0 Å². The molecule has 0 saturated heterocycles. The smallest absolute Gasteiger partial charge is 0.0153 e. The molecule has 0 amide bonds. The lowest BCUT2D eigenvalue weighted by atomic mass is 9.92. The van der Waals surface area contributed by atoms with E-state index < -0.39 is 0 Å². The zero-order valence-electron chi connectivity index (χ0n) is 10.9. The monoisotopic (exact) mass is 214 g/mol. The van der Waals surface area contributed by atoms with E-state index in [0.29, 0.717) is 5.92 Å². The summed E-state index contributed by atoms with van der Waals surface area (Å²) in [4.78, 5) is 0. The number of hydrogen-bond acceptors (Lipinski definition) is 0. The molecular weight excluding hydrogens is 192 g/mol.